The zero-order chi connectivity index (χ0) is 39.4. The average Bonchev–Trinajstić information content (AvgIpc) is 3.05. The van der Waals surface area contributed by atoms with Gasteiger partial charge in [0.15, 0.2) is 5.75 Å². The van der Waals surface area contributed by atoms with Crippen LogP contribution in [0.5, 0.6) is 5.75 Å². The van der Waals surface area contributed by atoms with Crippen molar-refractivity contribution in [2.24, 2.45) is 10.2 Å². The predicted molar refractivity (Wildman–Crippen MR) is 191 cm³/mol. The number of azo groups is 1. The second kappa shape index (κ2) is 13.8. The van der Waals surface area contributed by atoms with Crippen molar-refractivity contribution in [2.75, 3.05) is 10.6 Å². The molecule has 0 saturated carbocycles. The molecular formula is C29H20ClN7O13S4. The lowest BCUT2D eigenvalue weighted by atomic mass is 10.1. The Balaban J connectivity index is 1.56. The second-order valence-electron chi connectivity index (χ2n) is 10.9. The van der Waals surface area contributed by atoms with Gasteiger partial charge >= 0.3 is 0 Å². The van der Waals surface area contributed by atoms with Crippen LogP contribution in [0.4, 0.5) is 34.6 Å². The van der Waals surface area contributed by atoms with Crippen molar-refractivity contribution in [1.29, 1.82) is 0 Å². The molecule has 1 aromatic heterocycles. The number of rotatable bonds is 10. The van der Waals surface area contributed by atoms with Gasteiger partial charge in [0.2, 0.25) is 17.2 Å². The van der Waals surface area contributed by atoms with Gasteiger partial charge in [-0.15, -0.1) is 10.2 Å². The number of fused-ring (bicyclic) bond motifs is 2. The summed E-state index contributed by atoms with van der Waals surface area (Å²) in [6.07, 6.45) is 0. The van der Waals surface area contributed by atoms with Gasteiger partial charge in [-0.2, -0.15) is 48.6 Å². The maximum Gasteiger partial charge on any atom is 0.297 e. The Kier molecular flexibility index (Phi) is 9.76. The van der Waals surface area contributed by atoms with E-state index in [-0.39, 0.29) is 11.1 Å². The highest BCUT2D eigenvalue weighted by atomic mass is 35.5. The van der Waals surface area contributed by atoms with Crippen LogP contribution in [0.3, 0.4) is 0 Å². The molecule has 0 aliphatic heterocycles. The first-order chi connectivity index (χ1) is 25.1. The maximum absolute atomic E-state index is 12.6. The molecule has 6 rings (SSSR count). The molecule has 5 aromatic carbocycles. The molecule has 0 saturated heterocycles. The minimum Gasteiger partial charge on any atom is -0.505 e. The molecule has 280 valence electrons. The number of anilines is 4. The third-order valence-electron chi connectivity index (χ3n) is 7.34. The van der Waals surface area contributed by atoms with Crippen molar-refractivity contribution in [3.8, 4) is 5.75 Å². The van der Waals surface area contributed by atoms with E-state index in [1.54, 1.807) is 6.07 Å². The fourth-order valence-electron chi connectivity index (χ4n) is 5.18. The van der Waals surface area contributed by atoms with Crippen LogP contribution in [0.1, 0.15) is 0 Å². The lowest BCUT2D eigenvalue weighted by molar-refractivity contribution is 0.472. The fraction of sp³-hybridized carbons (Fsp3) is 0. The lowest BCUT2D eigenvalue weighted by Crippen LogP contribution is -2.08. The summed E-state index contributed by atoms with van der Waals surface area (Å²) in [5.74, 6) is -2.06. The number of aromatic hydroxyl groups is 1. The summed E-state index contributed by atoms with van der Waals surface area (Å²) < 4.78 is 138. The van der Waals surface area contributed by atoms with Gasteiger partial charge in [0.1, 0.15) is 26.1 Å². The molecule has 20 nitrogen and oxygen atoms in total. The van der Waals surface area contributed by atoms with Crippen LogP contribution in [0.2, 0.25) is 5.28 Å². The van der Waals surface area contributed by atoms with Gasteiger partial charge in [-0.1, -0.05) is 42.5 Å². The van der Waals surface area contributed by atoms with Gasteiger partial charge in [0.05, 0.1) is 16.3 Å². The predicted octanol–water partition coefficient (Wildman–Crippen LogP) is 5.43. The van der Waals surface area contributed by atoms with E-state index in [1.807, 2.05) is 0 Å². The molecule has 0 radical (unpaired) electrons. The Morgan fingerprint density at radius 3 is 1.83 bits per heavy atom. The number of nitrogens with one attached hydrogen (secondary N) is 2. The van der Waals surface area contributed by atoms with Gasteiger partial charge in [-0.3, -0.25) is 18.2 Å². The van der Waals surface area contributed by atoms with Crippen LogP contribution in [0.25, 0.3) is 21.5 Å². The van der Waals surface area contributed by atoms with E-state index < -0.39 is 111 Å². The van der Waals surface area contributed by atoms with Crippen molar-refractivity contribution >= 4 is 108 Å². The van der Waals surface area contributed by atoms with Gasteiger partial charge in [-0.05, 0) is 58.8 Å². The van der Waals surface area contributed by atoms with E-state index in [0.29, 0.717) is 11.5 Å². The topological polar surface area (TPSA) is 325 Å². The van der Waals surface area contributed by atoms with Crippen LogP contribution in [0.15, 0.2) is 109 Å². The zero-order valence-corrected chi connectivity index (χ0v) is 30.3. The highest BCUT2D eigenvalue weighted by Crippen LogP contribution is 2.46. The Labute approximate surface area is 309 Å². The molecule has 7 N–H and O–H groups in total. The van der Waals surface area contributed by atoms with Crippen molar-refractivity contribution in [1.82, 2.24) is 15.0 Å². The summed E-state index contributed by atoms with van der Waals surface area (Å²) >= 11 is 6.06. The number of hydrogen-bond acceptors (Lipinski definition) is 16. The van der Waals surface area contributed by atoms with E-state index in [2.05, 4.69) is 35.8 Å². The first-order valence-corrected chi connectivity index (χ1v) is 20.5. The first kappa shape index (κ1) is 38.3. The van der Waals surface area contributed by atoms with Gasteiger partial charge in [0.25, 0.3) is 40.5 Å². The second-order valence-corrected chi connectivity index (χ2v) is 16.8. The van der Waals surface area contributed by atoms with Crippen LogP contribution < -0.4 is 10.6 Å². The molecule has 25 heteroatoms. The van der Waals surface area contributed by atoms with Gasteiger partial charge in [-0.25, -0.2) is 0 Å². The summed E-state index contributed by atoms with van der Waals surface area (Å²) in [6, 6.07) is 15.6. The summed E-state index contributed by atoms with van der Waals surface area (Å²) in [6.45, 7) is 0. The molecule has 0 atom stereocenters. The molecular weight excluding hydrogens is 818 g/mol. The van der Waals surface area contributed by atoms with Crippen LogP contribution >= 0.6 is 11.6 Å². The van der Waals surface area contributed by atoms with Crippen molar-refractivity contribution in [2.45, 2.75) is 19.6 Å². The third-order valence-corrected chi connectivity index (χ3v) is 11.1. The number of halogens is 1. The highest BCUT2D eigenvalue weighted by Gasteiger charge is 2.27. The Morgan fingerprint density at radius 2 is 1.20 bits per heavy atom. The third kappa shape index (κ3) is 7.91. The largest absolute Gasteiger partial charge is 0.505 e. The number of nitrogens with zero attached hydrogens (tertiary/aromatic N) is 5. The van der Waals surface area contributed by atoms with E-state index >= 15 is 0 Å². The van der Waals surface area contributed by atoms with E-state index in [4.69, 9.17) is 11.6 Å². The van der Waals surface area contributed by atoms with Crippen LogP contribution in [-0.2, 0) is 40.5 Å². The summed E-state index contributed by atoms with van der Waals surface area (Å²) in [7, 11) is -20.1. The maximum atomic E-state index is 12.6. The number of aromatic nitrogens is 3. The molecule has 0 amide bonds. The normalized spacial score (nSPS) is 12.8. The lowest BCUT2D eigenvalue weighted by Gasteiger charge is -2.15. The summed E-state index contributed by atoms with van der Waals surface area (Å²) in [5, 5.41) is 23.0. The summed E-state index contributed by atoms with van der Waals surface area (Å²) in [4.78, 5) is 8.38. The highest BCUT2D eigenvalue weighted by molar-refractivity contribution is 7.86. The molecule has 0 fully saturated rings. The first-order valence-electron chi connectivity index (χ1n) is 14.3. The number of hydrogen-bond donors (Lipinski definition) is 7. The molecule has 0 aliphatic rings. The van der Waals surface area contributed by atoms with E-state index in [0.717, 1.165) is 24.3 Å². The number of phenols is 1. The van der Waals surface area contributed by atoms with Crippen molar-refractivity contribution in [3.63, 3.8) is 0 Å². The molecule has 6 aromatic rings. The average molecular weight is 838 g/mol. The smallest absolute Gasteiger partial charge is 0.297 e. The Morgan fingerprint density at radius 1 is 0.593 bits per heavy atom. The number of para-hydroxylation sites is 1. The van der Waals surface area contributed by atoms with Gasteiger partial charge < -0.3 is 15.7 Å². The van der Waals surface area contributed by atoms with Crippen molar-refractivity contribution in [3.05, 3.63) is 84.1 Å². The van der Waals surface area contributed by atoms with Crippen LogP contribution in [-0.4, -0.2) is 71.9 Å². The fourth-order valence-corrected chi connectivity index (χ4v) is 8.03. The van der Waals surface area contributed by atoms with Gasteiger partial charge in [0, 0.05) is 10.8 Å². The minimum atomic E-state index is -5.33. The SMILES string of the molecule is O=S(=O)(O)c1cc(Nc2nc(Cl)nc(Nc3ccccc3S(=O)(=O)O)n2)c2c(O)c(N=Nc3ccc4ccccc4c3S(=O)(=O)O)c(S(=O)(=O)O)cc2c1. The minimum absolute atomic E-state index is 0.00441. The Hall–Kier alpha value is -5.44. The van der Waals surface area contributed by atoms with Crippen molar-refractivity contribution < 1.29 is 57.0 Å². The van der Waals surface area contributed by atoms with Crippen LogP contribution in [0, 0.1) is 0 Å². The monoisotopic (exact) mass is 837 g/mol. The summed E-state index contributed by atoms with van der Waals surface area (Å²) in [5.41, 5.74) is -2.21. The quantitative estimate of drug-likeness (QED) is 0.0668. The molecule has 0 bridgehead atoms. The van der Waals surface area contributed by atoms with E-state index in [9.17, 15) is 57.0 Å². The number of phenolic OH excluding ortho intramolecular Hbond substituents is 1. The number of benzene rings is 5. The molecule has 0 aliphatic carbocycles. The van der Waals surface area contributed by atoms with E-state index in [1.165, 1.54) is 42.5 Å². The molecule has 0 spiro atoms. The molecule has 54 heavy (non-hydrogen) atoms. The molecule has 1 heterocycles. The molecule has 0 unspecified atom stereocenters. The standard InChI is InChI=1S/C29H20ClN7O13S4/c30-27-33-28(31-18-7-3-4-8-21(18)52(42,43)44)35-29(34-27)32-20-13-16(51(39,40)41)11-15-12-22(53(45,46)47)24(25(38)23(15)20)37-36-19-10-9-14-5-1-2-6-17(14)26(19)54(48,49)50/h1-13,38H,(H,39,40,41)(H,42,43,44)(H,45,46,47)(H,48,49,50)(H2,31,32,33,34,35). The Bertz CT molecular complexity index is 3040. The zero-order valence-electron chi connectivity index (χ0n) is 26.3.